The van der Waals surface area contributed by atoms with Gasteiger partial charge in [-0.1, -0.05) is 12.2 Å². The van der Waals surface area contributed by atoms with Crippen LogP contribution in [-0.2, 0) is 11.8 Å². The molecule has 0 fully saturated rings. The Kier molecular flexibility index (Phi) is 3.75. The number of carbonyl (C=O) groups excluding carboxylic acids is 1. The average molecular weight is 204 g/mol. The van der Waals surface area contributed by atoms with Gasteiger partial charge in [-0.2, -0.15) is 5.20 Å². The summed E-state index contributed by atoms with van der Waals surface area (Å²) in [4.78, 5) is 18.6. The second kappa shape index (κ2) is 3.64. The highest BCUT2D eigenvalue weighted by molar-refractivity contribution is 8.60. The van der Waals surface area contributed by atoms with Crippen molar-refractivity contribution in [1.82, 2.24) is 10.2 Å². The second-order valence-corrected chi connectivity index (χ2v) is 6.88. The number of nitrogens with one attached hydrogen (secondary N) is 1. The molecule has 0 aliphatic heterocycles. The summed E-state index contributed by atoms with van der Waals surface area (Å²) in [5, 5.41) is 2.41. The maximum Gasteiger partial charge on any atom is 0.414 e. The molecule has 1 unspecified atom stereocenters. The summed E-state index contributed by atoms with van der Waals surface area (Å²) in [5.41, 5.74) is -3.03. The maximum absolute atomic E-state index is 11.7. The Morgan fingerprint density at radius 2 is 2.40 bits per heavy atom. The van der Waals surface area contributed by atoms with Gasteiger partial charge >= 0.3 is 6.16 Å². The van der Waals surface area contributed by atoms with Crippen LogP contribution in [0, 0.1) is 0 Å². The van der Waals surface area contributed by atoms with Crippen molar-refractivity contribution in [2.24, 2.45) is 0 Å². The molecule has 0 radical (unpaired) electrons. The Hall–Kier alpha value is 0.320. The number of nitrogens with zero attached hydrogens (tertiary/aromatic N) is 1. The number of rotatable bonds is 2. The van der Waals surface area contributed by atoms with Gasteiger partial charge in [0, 0.05) is 7.05 Å². The first-order chi connectivity index (χ1) is 4.33. The molecule has 0 aliphatic carbocycles. The molecule has 1 amide bonds. The van der Waals surface area contributed by atoms with E-state index in [1.807, 2.05) is 5.20 Å². The first kappa shape index (κ1) is 10.3. The molecule has 60 valence electrons. The maximum atomic E-state index is 11.7. The normalized spacial score (nSPS) is 16.0. The summed E-state index contributed by atoms with van der Waals surface area (Å²) in [6.45, 7) is 0. The van der Waals surface area contributed by atoms with Gasteiger partial charge in [-0.15, -0.1) is 4.39 Å². The van der Waals surface area contributed by atoms with Crippen LogP contribution < -0.4 is 5.20 Å². The fraction of sp³-hybridized carbons (Fsp3) is 0.500. The number of hydrogen-bond donors (Lipinski definition) is 3. The van der Waals surface area contributed by atoms with Gasteiger partial charge in [0.1, 0.15) is 0 Å². The Balaban J connectivity index is 3.93. The van der Waals surface area contributed by atoms with Crippen LogP contribution in [0.4, 0.5) is 9.18 Å². The Morgan fingerprint density at radius 1 is 2.00 bits per heavy atom. The van der Waals surface area contributed by atoms with Crippen LogP contribution in [0.3, 0.4) is 0 Å². The van der Waals surface area contributed by atoms with Gasteiger partial charge < -0.3 is 4.89 Å². The lowest BCUT2D eigenvalue weighted by Gasteiger charge is -2.17. The van der Waals surface area contributed by atoms with E-state index in [1.165, 1.54) is 0 Å². The first-order valence-electron chi connectivity index (χ1n) is 2.09. The molecular formula is C2H6FN2O2PS2. The van der Waals surface area contributed by atoms with Crippen LogP contribution in [0.2, 0.25) is 0 Å². The van der Waals surface area contributed by atoms with Crippen molar-refractivity contribution in [2.45, 2.75) is 0 Å². The van der Waals surface area contributed by atoms with E-state index in [9.17, 15) is 9.18 Å². The molecule has 2 N–H and O–H groups in total. The molecular weight excluding hydrogens is 198 g/mol. The lowest BCUT2D eigenvalue weighted by atomic mass is 11.1. The van der Waals surface area contributed by atoms with Crippen LogP contribution >= 0.6 is 17.9 Å². The van der Waals surface area contributed by atoms with E-state index >= 15 is 0 Å². The number of halogens is 1. The predicted octanol–water partition coefficient (Wildman–Crippen LogP) is 0.659. The van der Waals surface area contributed by atoms with E-state index in [1.54, 1.807) is 0 Å². The van der Waals surface area contributed by atoms with Gasteiger partial charge in [0.25, 0.3) is 0 Å². The highest BCUT2D eigenvalue weighted by Gasteiger charge is 2.12. The summed E-state index contributed by atoms with van der Waals surface area (Å²) < 4.78 is 11.7. The highest BCUT2D eigenvalue weighted by Crippen LogP contribution is 2.40. The SMILES string of the molecule is CN(NP(O)(=S)S)C(=O)F. The fourth-order valence-electron chi connectivity index (χ4n) is 0.235. The lowest BCUT2D eigenvalue weighted by molar-refractivity contribution is 0.178. The van der Waals surface area contributed by atoms with Gasteiger partial charge in [-0.25, -0.2) is 9.80 Å². The minimum absolute atomic E-state index is 0.438. The summed E-state index contributed by atoms with van der Waals surface area (Å²) in [6.07, 6.45) is -1.72. The molecule has 8 heteroatoms. The Labute approximate surface area is 67.7 Å². The van der Waals surface area contributed by atoms with Crippen LogP contribution in [-0.4, -0.2) is 23.1 Å². The van der Waals surface area contributed by atoms with E-state index < -0.39 is 11.8 Å². The third kappa shape index (κ3) is 5.13. The van der Waals surface area contributed by atoms with Crippen molar-refractivity contribution in [3.8, 4) is 0 Å². The molecule has 0 rings (SSSR count). The molecule has 0 aliphatic rings. The molecule has 10 heavy (non-hydrogen) atoms. The first-order valence-corrected chi connectivity index (χ1v) is 6.00. The van der Waals surface area contributed by atoms with Gasteiger partial charge in [-0.05, 0) is 11.8 Å². The summed E-state index contributed by atoms with van der Waals surface area (Å²) in [7, 11) is 1.09. The summed E-state index contributed by atoms with van der Waals surface area (Å²) >= 11 is 7.84. The van der Waals surface area contributed by atoms with Crippen LogP contribution in [0.1, 0.15) is 0 Å². The fourth-order valence-corrected chi connectivity index (χ4v) is 1.47. The van der Waals surface area contributed by atoms with Gasteiger partial charge in [-0.3, -0.25) is 0 Å². The minimum Gasteiger partial charge on any atom is -0.345 e. The molecule has 0 saturated carbocycles. The monoisotopic (exact) mass is 204 g/mol. The van der Waals surface area contributed by atoms with Gasteiger partial charge in [0.2, 0.25) is 0 Å². The standard InChI is InChI=1S/C2H6FN2O2PS2/c1-5(2(3)6)4-8(7,9)10/h1H3,(H3,4,7,9,10). The Morgan fingerprint density at radius 3 is 2.50 bits per heavy atom. The van der Waals surface area contributed by atoms with E-state index in [0.29, 0.717) is 5.01 Å². The zero-order valence-electron chi connectivity index (χ0n) is 4.98. The van der Waals surface area contributed by atoms with Crippen molar-refractivity contribution >= 4 is 35.8 Å². The molecule has 4 nitrogen and oxygen atoms in total. The van der Waals surface area contributed by atoms with Crippen LogP contribution in [0.5, 0.6) is 0 Å². The van der Waals surface area contributed by atoms with E-state index in [0.717, 1.165) is 7.05 Å². The highest BCUT2D eigenvalue weighted by atomic mass is 32.9. The number of hydrogen-bond acceptors (Lipinski definition) is 2. The molecule has 0 spiro atoms. The lowest BCUT2D eigenvalue weighted by Crippen LogP contribution is -2.32. The van der Waals surface area contributed by atoms with Crippen molar-refractivity contribution in [3.63, 3.8) is 0 Å². The third-order valence-electron chi connectivity index (χ3n) is 0.544. The van der Waals surface area contributed by atoms with Crippen LogP contribution in [0.25, 0.3) is 0 Å². The smallest absolute Gasteiger partial charge is 0.345 e. The van der Waals surface area contributed by atoms with E-state index in [2.05, 4.69) is 24.1 Å². The van der Waals surface area contributed by atoms with E-state index in [4.69, 9.17) is 4.89 Å². The average Bonchev–Trinajstić information content (AvgIpc) is 1.60. The molecule has 0 aromatic carbocycles. The number of amides is 1. The summed E-state index contributed by atoms with van der Waals surface area (Å²) in [6, 6.07) is 0. The molecule has 0 heterocycles. The van der Waals surface area contributed by atoms with Crippen molar-refractivity contribution in [3.05, 3.63) is 0 Å². The quantitative estimate of drug-likeness (QED) is 0.203. The molecule has 0 bridgehead atoms. The number of hydrazine groups is 1. The van der Waals surface area contributed by atoms with Crippen LogP contribution in [0.15, 0.2) is 0 Å². The molecule has 0 aromatic heterocycles. The molecule has 0 saturated heterocycles. The van der Waals surface area contributed by atoms with Crippen molar-refractivity contribution in [1.29, 1.82) is 0 Å². The topological polar surface area (TPSA) is 52.6 Å². The summed E-state index contributed by atoms with van der Waals surface area (Å²) in [5.74, 6) is 0. The Bertz CT molecular complexity index is 182. The second-order valence-electron chi connectivity index (χ2n) is 1.46. The van der Waals surface area contributed by atoms with Gasteiger partial charge in [0.05, 0.1) is 0 Å². The van der Waals surface area contributed by atoms with E-state index in [-0.39, 0.29) is 0 Å². The van der Waals surface area contributed by atoms with Crippen molar-refractivity contribution < 1.29 is 14.1 Å². The number of thiol groups is 1. The number of carbonyl (C=O) groups is 1. The molecule has 0 aromatic rings. The predicted molar refractivity (Wildman–Crippen MR) is 42.9 cm³/mol. The van der Waals surface area contributed by atoms with Crippen molar-refractivity contribution in [2.75, 3.05) is 7.05 Å². The third-order valence-corrected chi connectivity index (χ3v) is 1.62. The zero-order valence-corrected chi connectivity index (χ0v) is 7.59. The van der Waals surface area contributed by atoms with Gasteiger partial charge in [0.15, 0.2) is 5.62 Å². The largest absolute Gasteiger partial charge is 0.414 e. The minimum atomic E-state index is -3.03. The zero-order chi connectivity index (χ0) is 8.36. The molecule has 1 atom stereocenters.